The van der Waals surface area contributed by atoms with Gasteiger partial charge in [-0.25, -0.2) is 0 Å². The normalized spacial score (nSPS) is 11.6. The minimum atomic E-state index is -1.03. The van der Waals surface area contributed by atoms with Crippen molar-refractivity contribution >= 4 is 23.5 Å². The molecule has 0 spiro atoms. The van der Waals surface area contributed by atoms with E-state index in [0.29, 0.717) is 0 Å². The van der Waals surface area contributed by atoms with Crippen LogP contribution in [0.5, 0.6) is 0 Å². The summed E-state index contributed by atoms with van der Waals surface area (Å²) in [6, 6.07) is 5.27. The van der Waals surface area contributed by atoms with Crippen LogP contribution in [0.3, 0.4) is 0 Å². The third kappa shape index (κ3) is 4.40. The van der Waals surface area contributed by atoms with Crippen molar-refractivity contribution < 1.29 is 19.5 Å². The molecule has 0 bridgehead atoms. The van der Waals surface area contributed by atoms with Gasteiger partial charge in [-0.1, -0.05) is 12.1 Å². The highest BCUT2D eigenvalue weighted by molar-refractivity contribution is 6.04. The zero-order valence-electron chi connectivity index (χ0n) is 10.1. The fourth-order valence-electron chi connectivity index (χ4n) is 1.44. The summed E-state index contributed by atoms with van der Waals surface area (Å²) in [5.74, 6) is -2.26. The van der Waals surface area contributed by atoms with Crippen molar-refractivity contribution in [1.29, 1.82) is 0 Å². The van der Waals surface area contributed by atoms with Crippen molar-refractivity contribution in [2.75, 3.05) is 5.32 Å². The molecule has 19 heavy (non-hydrogen) atoms. The summed E-state index contributed by atoms with van der Waals surface area (Å²) in [6.45, 7) is 0. The second-order valence-electron chi connectivity index (χ2n) is 3.94. The number of anilines is 1. The lowest BCUT2D eigenvalue weighted by molar-refractivity contribution is -0.137. The molecule has 0 fully saturated rings. The number of carboxylic acid groups (broad SMARTS) is 1. The first-order valence-corrected chi connectivity index (χ1v) is 5.59. The monoisotopic (exact) mass is 265 g/mol. The molecule has 102 valence electrons. The topological polar surface area (TPSA) is 136 Å². The maximum absolute atomic E-state index is 11.7. The van der Waals surface area contributed by atoms with Crippen molar-refractivity contribution in [3.63, 3.8) is 0 Å². The Bertz CT molecular complexity index is 502. The number of carboxylic acids is 1. The van der Waals surface area contributed by atoms with Gasteiger partial charge in [0.05, 0.1) is 17.3 Å². The predicted octanol–water partition coefficient (Wildman–Crippen LogP) is -0.0839. The Hall–Kier alpha value is -2.41. The van der Waals surface area contributed by atoms with Gasteiger partial charge in [-0.15, -0.1) is 0 Å². The number of nitrogens with two attached hydrogens (primary N) is 2. The fourth-order valence-corrected chi connectivity index (χ4v) is 1.44. The molecule has 0 radical (unpaired) electrons. The van der Waals surface area contributed by atoms with Gasteiger partial charge in [-0.2, -0.15) is 0 Å². The summed E-state index contributed by atoms with van der Waals surface area (Å²) in [4.78, 5) is 33.2. The van der Waals surface area contributed by atoms with Gasteiger partial charge in [0.25, 0.3) is 5.91 Å². The van der Waals surface area contributed by atoms with Crippen LogP contribution in [0, 0.1) is 0 Å². The van der Waals surface area contributed by atoms with E-state index in [1.807, 2.05) is 0 Å². The lowest BCUT2D eigenvalue weighted by Crippen LogP contribution is -2.36. The molecule has 1 aromatic rings. The molecule has 0 saturated heterocycles. The van der Waals surface area contributed by atoms with Crippen LogP contribution in [0.15, 0.2) is 24.3 Å². The lowest BCUT2D eigenvalue weighted by Gasteiger charge is -2.13. The van der Waals surface area contributed by atoms with Crippen LogP contribution >= 0.6 is 0 Å². The van der Waals surface area contributed by atoms with E-state index in [0.717, 1.165) is 0 Å². The van der Waals surface area contributed by atoms with Crippen molar-refractivity contribution in [2.45, 2.75) is 18.9 Å². The molecule has 1 unspecified atom stereocenters. The van der Waals surface area contributed by atoms with Crippen molar-refractivity contribution in [1.82, 2.24) is 0 Å². The molecule has 0 aliphatic carbocycles. The Labute approximate surface area is 109 Å². The van der Waals surface area contributed by atoms with Gasteiger partial charge in [0.2, 0.25) is 5.91 Å². The lowest BCUT2D eigenvalue weighted by atomic mass is 10.1. The minimum Gasteiger partial charge on any atom is -0.481 e. The van der Waals surface area contributed by atoms with Gasteiger partial charge in [-0.05, 0) is 18.6 Å². The van der Waals surface area contributed by atoms with E-state index in [2.05, 4.69) is 5.32 Å². The summed E-state index contributed by atoms with van der Waals surface area (Å²) >= 11 is 0. The van der Waals surface area contributed by atoms with Gasteiger partial charge >= 0.3 is 5.97 Å². The number of para-hydroxylation sites is 1. The van der Waals surface area contributed by atoms with Gasteiger partial charge in [0, 0.05) is 6.42 Å². The zero-order valence-corrected chi connectivity index (χ0v) is 10.1. The van der Waals surface area contributed by atoms with Gasteiger partial charge in [0.15, 0.2) is 0 Å². The third-order valence-electron chi connectivity index (χ3n) is 2.46. The Morgan fingerprint density at radius 2 is 1.89 bits per heavy atom. The van der Waals surface area contributed by atoms with E-state index >= 15 is 0 Å². The quantitative estimate of drug-likeness (QED) is 0.570. The van der Waals surface area contributed by atoms with Crippen LogP contribution < -0.4 is 16.8 Å². The Kier molecular flexibility index (Phi) is 5.01. The van der Waals surface area contributed by atoms with E-state index in [4.69, 9.17) is 16.6 Å². The van der Waals surface area contributed by atoms with Crippen LogP contribution in [0.2, 0.25) is 0 Å². The van der Waals surface area contributed by atoms with Gasteiger partial charge in [0.1, 0.15) is 0 Å². The molecule has 0 saturated carbocycles. The standard InChI is InChI=1S/C12H15N3O4/c13-8(5-6-10(16)17)12(19)15-9-4-2-1-3-7(9)11(14)18/h1-4,8H,5-6,13H2,(H2,14,18)(H,15,19)(H,16,17). The highest BCUT2D eigenvalue weighted by atomic mass is 16.4. The molecule has 7 heteroatoms. The van der Waals surface area contributed by atoms with Crippen molar-refractivity contribution in [3.8, 4) is 0 Å². The molecule has 1 aromatic carbocycles. The van der Waals surface area contributed by atoms with E-state index in [1.165, 1.54) is 12.1 Å². The molecular weight excluding hydrogens is 250 g/mol. The summed E-state index contributed by atoms with van der Waals surface area (Å²) in [5, 5.41) is 11.0. The molecule has 6 N–H and O–H groups in total. The minimum absolute atomic E-state index is 0.0138. The SMILES string of the molecule is NC(=O)c1ccccc1NC(=O)C(N)CCC(=O)O. The number of amides is 2. The zero-order chi connectivity index (χ0) is 14.4. The summed E-state index contributed by atoms with van der Waals surface area (Å²) in [7, 11) is 0. The first-order valence-electron chi connectivity index (χ1n) is 5.59. The number of primary amides is 1. The number of carbonyl (C=O) groups is 3. The van der Waals surface area contributed by atoms with Crippen molar-refractivity contribution in [2.24, 2.45) is 11.5 Å². The number of nitrogens with one attached hydrogen (secondary N) is 1. The molecule has 0 aliphatic heterocycles. The van der Waals surface area contributed by atoms with Crippen LogP contribution in [-0.2, 0) is 9.59 Å². The first kappa shape index (κ1) is 14.7. The van der Waals surface area contributed by atoms with Crippen LogP contribution in [0.25, 0.3) is 0 Å². The molecule has 0 aliphatic rings. The maximum atomic E-state index is 11.7. The highest BCUT2D eigenvalue weighted by Gasteiger charge is 2.17. The van der Waals surface area contributed by atoms with Gasteiger partial charge < -0.3 is 21.9 Å². The van der Waals surface area contributed by atoms with Crippen molar-refractivity contribution in [3.05, 3.63) is 29.8 Å². The number of benzene rings is 1. The molecule has 7 nitrogen and oxygen atoms in total. The Morgan fingerprint density at radius 3 is 2.47 bits per heavy atom. The fraction of sp³-hybridized carbons (Fsp3) is 0.250. The smallest absolute Gasteiger partial charge is 0.303 e. The van der Waals surface area contributed by atoms with Gasteiger partial charge in [-0.3, -0.25) is 14.4 Å². The summed E-state index contributed by atoms with van der Waals surface area (Å²) in [6.07, 6.45) is -0.189. The number of aliphatic carboxylic acids is 1. The van der Waals surface area contributed by atoms with E-state index in [-0.39, 0.29) is 24.1 Å². The predicted molar refractivity (Wildman–Crippen MR) is 68.4 cm³/mol. The third-order valence-corrected chi connectivity index (χ3v) is 2.46. The molecule has 0 aromatic heterocycles. The first-order chi connectivity index (χ1) is 8.91. The largest absolute Gasteiger partial charge is 0.481 e. The molecule has 2 amide bonds. The van der Waals surface area contributed by atoms with E-state index < -0.39 is 23.8 Å². The number of carbonyl (C=O) groups excluding carboxylic acids is 2. The second-order valence-corrected chi connectivity index (χ2v) is 3.94. The number of hydrogen-bond donors (Lipinski definition) is 4. The molecule has 0 heterocycles. The molecule has 1 rings (SSSR count). The van der Waals surface area contributed by atoms with Crippen LogP contribution in [-0.4, -0.2) is 28.9 Å². The molecule has 1 atom stereocenters. The molecular formula is C12H15N3O4. The number of hydrogen-bond acceptors (Lipinski definition) is 4. The van der Waals surface area contributed by atoms with Crippen LogP contribution in [0.1, 0.15) is 23.2 Å². The van der Waals surface area contributed by atoms with E-state index in [9.17, 15) is 14.4 Å². The summed E-state index contributed by atoms with van der Waals surface area (Å²) in [5.41, 5.74) is 11.1. The maximum Gasteiger partial charge on any atom is 0.303 e. The average Bonchev–Trinajstić information content (AvgIpc) is 2.36. The highest BCUT2D eigenvalue weighted by Crippen LogP contribution is 2.14. The average molecular weight is 265 g/mol. The Morgan fingerprint density at radius 1 is 1.26 bits per heavy atom. The summed E-state index contributed by atoms with van der Waals surface area (Å²) < 4.78 is 0. The van der Waals surface area contributed by atoms with Crippen LogP contribution in [0.4, 0.5) is 5.69 Å². The second kappa shape index (κ2) is 6.50. The number of rotatable bonds is 6. The Balaban J connectivity index is 2.71. The van der Waals surface area contributed by atoms with E-state index in [1.54, 1.807) is 12.1 Å².